The summed E-state index contributed by atoms with van der Waals surface area (Å²) in [5.74, 6) is -0.490. The van der Waals surface area contributed by atoms with Gasteiger partial charge in [0.1, 0.15) is 6.61 Å². The van der Waals surface area contributed by atoms with Crippen LogP contribution < -0.4 is 5.32 Å². The predicted octanol–water partition coefficient (Wildman–Crippen LogP) is 0.454. The highest BCUT2D eigenvalue weighted by Crippen LogP contribution is 2.22. The summed E-state index contributed by atoms with van der Waals surface area (Å²) < 4.78 is 39.9. The maximum atomic E-state index is 11.8. The SMILES string of the molecule is O=C1COCC(CC(F)(F)F)N1. The van der Waals surface area contributed by atoms with E-state index in [0.717, 1.165) is 0 Å². The van der Waals surface area contributed by atoms with E-state index in [0.29, 0.717) is 0 Å². The number of hydrogen-bond donors (Lipinski definition) is 1. The molecular weight excluding hydrogens is 175 g/mol. The molecule has 1 heterocycles. The Morgan fingerprint density at radius 3 is 2.75 bits per heavy atom. The summed E-state index contributed by atoms with van der Waals surface area (Å²) in [6.07, 6.45) is -5.28. The van der Waals surface area contributed by atoms with Crippen molar-refractivity contribution in [2.45, 2.75) is 18.6 Å². The van der Waals surface area contributed by atoms with Crippen molar-refractivity contribution in [3.8, 4) is 0 Å². The number of alkyl halides is 3. The fourth-order valence-electron chi connectivity index (χ4n) is 0.994. The summed E-state index contributed by atoms with van der Waals surface area (Å²) in [5, 5.41) is 2.19. The topological polar surface area (TPSA) is 38.3 Å². The van der Waals surface area contributed by atoms with Crippen LogP contribution in [0.2, 0.25) is 0 Å². The van der Waals surface area contributed by atoms with E-state index in [1.807, 2.05) is 0 Å². The zero-order valence-electron chi connectivity index (χ0n) is 6.15. The van der Waals surface area contributed by atoms with Crippen molar-refractivity contribution in [1.29, 1.82) is 0 Å². The first kappa shape index (κ1) is 9.31. The summed E-state index contributed by atoms with van der Waals surface area (Å²) in [6, 6.07) is -0.925. The maximum absolute atomic E-state index is 11.8. The van der Waals surface area contributed by atoms with E-state index in [2.05, 4.69) is 10.1 Å². The van der Waals surface area contributed by atoms with Crippen LogP contribution in [0.15, 0.2) is 0 Å². The van der Waals surface area contributed by atoms with Crippen molar-refractivity contribution in [3.63, 3.8) is 0 Å². The largest absolute Gasteiger partial charge is 0.391 e. The molecule has 0 aromatic carbocycles. The molecule has 0 aromatic rings. The van der Waals surface area contributed by atoms with Gasteiger partial charge in [-0.05, 0) is 0 Å². The van der Waals surface area contributed by atoms with Gasteiger partial charge in [0.15, 0.2) is 0 Å². The number of carbonyl (C=O) groups is 1. The molecule has 1 aliphatic rings. The first-order valence-electron chi connectivity index (χ1n) is 3.41. The summed E-state index contributed by atoms with van der Waals surface area (Å²) in [5.41, 5.74) is 0. The molecule has 12 heavy (non-hydrogen) atoms. The monoisotopic (exact) mass is 183 g/mol. The highest BCUT2D eigenvalue weighted by atomic mass is 19.4. The number of halogens is 3. The van der Waals surface area contributed by atoms with E-state index in [4.69, 9.17) is 0 Å². The number of morpholine rings is 1. The number of rotatable bonds is 1. The Bertz CT molecular complexity index is 180. The van der Waals surface area contributed by atoms with E-state index >= 15 is 0 Å². The highest BCUT2D eigenvalue weighted by molar-refractivity contribution is 5.78. The van der Waals surface area contributed by atoms with Gasteiger partial charge in [0.2, 0.25) is 5.91 Å². The van der Waals surface area contributed by atoms with Crippen molar-refractivity contribution in [2.75, 3.05) is 13.2 Å². The molecule has 1 amide bonds. The van der Waals surface area contributed by atoms with Gasteiger partial charge in [-0.1, -0.05) is 0 Å². The van der Waals surface area contributed by atoms with Gasteiger partial charge in [-0.3, -0.25) is 4.79 Å². The summed E-state index contributed by atoms with van der Waals surface area (Å²) in [7, 11) is 0. The molecular formula is C6H8F3NO2. The lowest BCUT2D eigenvalue weighted by Gasteiger charge is -2.24. The van der Waals surface area contributed by atoms with Crippen molar-refractivity contribution < 1.29 is 22.7 Å². The molecule has 6 heteroatoms. The smallest absolute Gasteiger partial charge is 0.370 e. The molecule has 0 aliphatic carbocycles. The number of ether oxygens (including phenoxy) is 1. The van der Waals surface area contributed by atoms with Crippen molar-refractivity contribution >= 4 is 5.91 Å². The standard InChI is InChI=1S/C6H8F3NO2/c7-6(8,9)1-4-2-12-3-5(11)10-4/h4H,1-3H2,(H,10,11). The van der Waals surface area contributed by atoms with Gasteiger partial charge >= 0.3 is 6.18 Å². The van der Waals surface area contributed by atoms with Gasteiger partial charge in [-0.15, -0.1) is 0 Å². The van der Waals surface area contributed by atoms with Crippen LogP contribution in [0.3, 0.4) is 0 Å². The molecule has 0 aromatic heterocycles. The van der Waals surface area contributed by atoms with E-state index in [1.165, 1.54) is 0 Å². The van der Waals surface area contributed by atoms with Crippen LogP contribution in [-0.2, 0) is 9.53 Å². The Kier molecular flexibility index (Phi) is 2.56. The van der Waals surface area contributed by atoms with E-state index < -0.39 is 24.5 Å². The van der Waals surface area contributed by atoms with Gasteiger partial charge in [0.05, 0.1) is 19.1 Å². The molecule has 0 radical (unpaired) electrons. The lowest BCUT2D eigenvalue weighted by Crippen LogP contribution is -2.47. The van der Waals surface area contributed by atoms with Gasteiger partial charge in [0, 0.05) is 0 Å². The summed E-state index contributed by atoms with van der Waals surface area (Å²) >= 11 is 0. The Hall–Kier alpha value is -0.780. The van der Waals surface area contributed by atoms with Crippen LogP contribution in [0, 0.1) is 0 Å². The third-order valence-corrected chi connectivity index (χ3v) is 1.40. The van der Waals surface area contributed by atoms with Crippen LogP contribution in [-0.4, -0.2) is 31.3 Å². The predicted molar refractivity (Wildman–Crippen MR) is 33.4 cm³/mol. The quantitative estimate of drug-likeness (QED) is 0.641. The molecule has 70 valence electrons. The fourth-order valence-corrected chi connectivity index (χ4v) is 0.994. The molecule has 1 rings (SSSR count). The Labute approximate surface area is 66.9 Å². The van der Waals surface area contributed by atoms with Crippen LogP contribution in [0.25, 0.3) is 0 Å². The minimum atomic E-state index is -4.25. The van der Waals surface area contributed by atoms with Crippen molar-refractivity contribution in [1.82, 2.24) is 5.32 Å². The number of amides is 1. The number of carbonyl (C=O) groups excluding carboxylic acids is 1. The maximum Gasteiger partial charge on any atom is 0.391 e. The molecule has 1 atom stereocenters. The van der Waals surface area contributed by atoms with Crippen LogP contribution in [0.5, 0.6) is 0 Å². The average molecular weight is 183 g/mol. The third kappa shape index (κ3) is 3.08. The van der Waals surface area contributed by atoms with Gasteiger partial charge in [-0.2, -0.15) is 13.2 Å². The zero-order valence-corrected chi connectivity index (χ0v) is 6.15. The summed E-state index contributed by atoms with van der Waals surface area (Å²) in [6.45, 7) is -0.209. The lowest BCUT2D eigenvalue weighted by atomic mass is 10.2. The lowest BCUT2D eigenvalue weighted by molar-refractivity contribution is -0.152. The van der Waals surface area contributed by atoms with Crippen LogP contribution >= 0.6 is 0 Å². The van der Waals surface area contributed by atoms with Crippen LogP contribution in [0.1, 0.15) is 6.42 Å². The molecule has 0 saturated carbocycles. The third-order valence-electron chi connectivity index (χ3n) is 1.40. The Morgan fingerprint density at radius 2 is 2.25 bits per heavy atom. The fraction of sp³-hybridized carbons (Fsp3) is 0.833. The van der Waals surface area contributed by atoms with Gasteiger partial charge in [-0.25, -0.2) is 0 Å². The molecule has 3 nitrogen and oxygen atoms in total. The van der Waals surface area contributed by atoms with E-state index in [1.54, 1.807) is 0 Å². The first-order valence-corrected chi connectivity index (χ1v) is 3.41. The molecule has 1 fully saturated rings. The second-order valence-electron chi connectivity index (χ2n) is 2.60. The normalized spacial score (nSPS) is 25.2. The van der Waals surface area contributed by atoms with Gasteiger partial charge in [0.25, 0.3) is 0 Å². The molecule has 1 aliphatic heterocycles. The van der Waals surface area contributed by atoms with Crippen LogP contribution in [0.4, 0.5) is 13.2 Å². The molecule has 0 bridgehead atoms. The minimum absolute atomic E-state index is 0.0642. The Morgan fingerprint density at radius 1 is 1.58 bits per heavy atom. The van der Waals surface area contributed by atoms with Crippen molar-refractivity contribution in [3.05, 3.63) is 0 Å². The Balaban J connectivity index is 2.37. The zero-order chi connectivity index (χ0) is 9.19. The number of nitrogens with one attached hydrogen (secondary N) is 1. The molecule has 1 N–H and O–H groups in total. The van der Waals surface area contributed by atoms with E-state index in [9.17, 15) is 18.0 Å². The molecule has 1 saturated heterocycles. The molecule has 0 spiro atoms. The second-order valence-corrected chi connectivity index (χ2v) is 2.60. The van der Waals surface area contributed by atoms with Crippen molar-refractivity contribution in [2.24, 2.45) is 0 Å². The second kappa shape index (κ2) is 3.30. The highest BCUT2D eigenvalue weighted by Gasteiger charge is 2.34. The number of hydrogen-bond acceptors (Lipinski definition) is 2. The molecule has 1 unspecified atom stereocenters. The average Bonchev–Trinajstić information content (AvgIpc) is 1.82. The minimum Gasteiger partial charge on any atom is -0.370 e. The summed E-state index contributed by atoms with van der Waals surface area (Å²) in [4.78, 5) is 10.6. The van der Waals surface area contributed by atoms with E-state index in [-0.39, 0.29) is 13.2 Å². The van der Waals surface area contributed by atoms with Gasteiger partial charge < -0.3 is 10.1 Å². The first-order chi connectivity index (χ1) is 5.47.